The third-order valence-electron chi connectivity index (χ3n) is 10.8. The number of nitrogens with zero attached hydrogens (tertiary/aromatic N) is 5. The van der Waals surface area contributed by atoms with Crippen LogP contribution in [-0.4, -0.2) is 9.13 Å². The van der Waals surface area contributed by atoms with E-state index in [4.69, 9.17) is 0 Å². The number of allylic oxidation sites excluding steroid dienone is 5. The second-order valence-electron chi connectivity index (χ2n) is 13.7. The Labute approximate surface area is 296 Å². The van der Waals surface area contributed by atoms with E-state index in [1.165, 1.54) is 21.8 Å². The summed E-state index contributed by atoms with van der Waals surface area (Å²) >= 11 is 0. The predicted molar refractivity (Wildman–Crippen MR) is 205 cm³/mol. The Hall–Kier alpha value is -6.87. The zero-order chi connectivity index (χ0) is 34.7. The van der Waals surface area contributed by atoms with Gasteiger partial charge in [-0.05, 0) is 72.5 Å². The Balaban J connectivity index is 1.18. The molecule has 7 aromatic rings. The lowest BCUT2D eigenvalue weighted by atomic mass is 9.75. The van der Waals surface area contributed by atoms with Crippen LogP contribution in [0.3, 0.4) is 0 Å². The van der Waals surface area contributed by atoms with Gasteiger partial charge in [-0.25, -0.2) is 0 Å². The summed E-state index contributed by atoms with van der Waals surface area (Å²) in [5, 5.41) is 34.2. The van der Waals surface area contributed by atoms with E-state index >= 15 is 0 Å². The van der Waals surface area contributed by atoms with Gasteiger partial charge >= 0.3 is 0 Å². The van der Waals surface area contributed by atoms with Crippen LogP contribution in [0, 0.1) is 39.9 Å². The predicted octanol–water partition coefficient (Wildman–Crippen LogP) is 10.6. The fourth-order valence-electron chi connectivity index (χ4n) is 8.16. The minimum atomic E-state index is -0.327. The summed E-state index contributed by atoms with van der Waals surface area (Å²) < 4.78 is 4.50. The normalized spacial score (nSPS) is 17.9. The highest BCUT2D eigenvalue weighted by atomic mass is 15.0. The quantitative estimate of drug-likeness (QED) is 0.190. The third-order valence-corrected chi connectivity index (χ3v) is 10.8. The molecule has 2 aliphatic rings. The van der Waals surface area contributed by atoms with Crippen LogP contribution in [0.2, 0.25) is 0 Å². The van der Waals surface area contributed by atoms with E-state index in [1.807, 2.05) is 48.6 Å². The molecule has 0 spiro atoms. The second kappa shape index (κ2) is 11.6. The molecular weight excluding hydrogens is 623 g/mol. The minimum absolute atomic E-state index is 0.210. The Kier molecular flexibility index (Phi) is 6.89. The lowest BCUT2D eigenvalue weighted by molar-refractivity contribution is 0.600. The first-order chi connectivity index (χ1) is 25.0. The molecule has 0 saturated carbocycles. The molecule has 2 heterocycles. The summed E-state index contributed by atoms with van der Waals surface area (Å²) in [6, 6.07) is 44.4. The highest BCUT2D eigenvalue weighted by Gasteiger charge is 2.29. The SMILES string of the molecule is CC1(c2ccc(C#N)c(-c3cccc(C#N)c3-n3c4c(c5ccccc53)CC(C#N)C=C4)c2)C=CC(n2c3ccccc3c3ccccc32)=CC1. The number of hydrogen-bond donors (Lipinski definition) is 0. The van der Waals surface area contributed by atoms with Crippen molar-refractivity contribution in [3.8, 4) is 35.0 Å². The molecule has 2 aromatic heterocycles. The molecular formula is C46H31N5. The molecule has 51 heavy (non-hydrogen) atoms. The number of rotatable bonds is 4. The first-order valence-corrected chi connectivity index (χ1v) is 17.2. The van der Waals surface area contributed by atoms with Crippen LogP contribution in [0.4, 0.5) is 0 Å². The van der Waals surface area contributed by atoms with Crippen molar-refractivity contribution >= 4 is 44.5 Å². The smallest absolute Gasteiger partial charge is 0.101 e. The van der Waals surface area contributed by atoms with E-state index in [9.17, 15) is 15.8 Å². The molecule has 240 valence electrons. The Morgan fingerprint density at radius 3 is 1.98 bits per heavy atom. The van der Waals surface area contributed by atoms with Crippen LogP contribution >= 0.6 is 0 Å². The number of hydrogen-bond acceptors (Lipinski definition) is 3. The van der Waals surface area contributed by atoms with E-state index in [1.54, 1.807) is 0 Å². The molecule has 0 saturated heterocycles. The van der Waals surface area contributed by atoms with Crippen molar-refractivity contribution in [1.82, 2.24) is 9.13 Å². The number of benzene rings is 5. The van der Waals surface area contributed by atoms with Crippen molar-refractivity contribution in [3.05, 3.63) is 161 Å². The van der Waals surface area contributed by atoms with Gasteiger partial charge in [-0.2, -0.15) is 15.8 Å². The van der Waals surface area contributed by atoms with E-state index in [-0.39, 0.29) is 11.3 Å². The van der Waals surface area contributed by atoms with Gasteiger partial charge in [0.25, 0.3) is 0 Å². The largest absolute Gasteiger partial charge is 0.310 e. The van der Waals surface area contributed by atoms with E-state index in [0.29, 0.717) is 17.5 Å². The fourth-order valence-corrected chi connectivity index (χ4v) is 8.16. The Morgan fingerprint density at radius 1 is 0.667 bits per heavy atom. The van der Waals surface area contributed by atoms with Crippen LogP contribution in [-0.2, 0) is 11.8 Å². The number of aromatic nitrogens is 2. The van der Waals surface area contributed by atoms with E-state index in [2.05, 4.69) is 125 Å². The molecule has 0 N–H and O–H groups in total. The van der Waals surface area contributed by atoms with Crippen LogP contribution in [0.1, 0.15) is 41.3 Å². The standard InChI is InChI=1S/C46H31N5/c1-46(23-21-34(22-24-46)50-41-14-5-2-10-35(41)36-11-3-6-15-42(36)50)33-19-18-31(28-48)39(26-33)38-13-8-9-32(29-49)45(38)51-43-16-7-4-12-37(43)40-25-30(27-47)17-20-44(40)51/h2-23,26,30H,24-25H2,1H3. The van der Waals surface area contributed by atoms with Gasteiger partial charge in [0, 0.05) is 44.1 Å². The highest BCUT2D eigenvalue weighted by molar-refractivity contribution is 6.10. The average Bonchev–Trinajstić information content (AvgIpc) is 3.70. The molecule has 0 aliphatic heterocycles. The van der Waals surface area contributed by atoms with Gasteiger partial charge in [-0.3, -0.25) is 0 Å². The topological polar surface area (TPSA) is 81.2 Å². The van der Waals surface area contributed by atoms with Crippen molar-refractivity contribution < 1.29 is 0 Å². The van der Waals surface area contributed by atoms with Crippen molar-refractivity contribution in [2.24, 2.45) is 5.92 Å². The molecule has 9 rings (SSSR count). The molecule has 0 bridgehead atoms. The molecule has 2 unspecified atom stereocenters. The third kappa shape index (κ3) is 4.59. The van der Waals surface area contributed by atoms with Crippen molar-refractivity contribution in [2.75, 3.05) is 0 Å². The lowest BCUT2D eigenvalue weighted by Gasteiger charge is -2.30. The molecule has 5 heteroatoms. The second-order valence-corrected chi connectivity index (χ2v) is 13.7. The molecule has 5 aromatic carbocycles. The maximum Gasteiger partial charge on any atom is 0.101 e. The zero-order valence-corrected chi connectivity index (χ0v) is 28.0. The van der Waals surface area contributed by atoms with Crippen LogP contribution in [0.25, 0.3) is 61.3 Å². The fraction of sp³-hybridized carbons (Fsp3) is 0.109. The molecule has 5 nitrogen and oxygen atoms in total. The molecule has 0 radical (unpaired) electrons. The van der Waals surface area contributed by atoms with Gasteiger partial charge in [-0.15, -0.1) is 0 Å². The first kappa shape index (κ1) is 30.2. The van der Waals surface area contributed by atoms with Gasteiger partial charge in [0.05, 0.1) is 51.4 Å². The van der Waals surface area contributed by atoms with Gasteiger partial charge in [0.1, 0.15) is 6.07 Å². The molecule has 2 atom stereocenters. The van der Waals surface area contributed by atoms with Gasteiger partial charge in [0.15, 0.2) is 0 Å². The summed E-state index contributed by atoms with van der Waals surface area (Å²) in [7, 11) is 0. The summed E-state index contributed by atoms with van der Waals surface area (Å²) in [6.07, 6.45) is 12.2. The van der Waals surface area contributed by atoms with E-state index < -0.39 is 0 Å². The number of nitriles is 3. The monoisotopic (exact) mass is 653 g/mol. The summed E-state index contributed by atoms with van der Waals surface area (Å²) in [6.45, 7) is 2.24. The van der Waals surface area contributed by atoms with Gasteiger partial charge in [0.2, 0.25) is 0 Å². The van der Waals surface area contributed by atoms with Crippen molar-refractivity contribution in [2.45, 2.75) is 25.2 Å². The van der Waals surface area contributed by atoms with Crippen LogP contribution in [0.15, 0.2) is 133 Å². The van der Waals surface area contributed by atoms with Gasteiger partial charge < -0.3 is 9.13 Å². The average molecular weight is 654 g/mol. The maximum absolute atomic E-state index is 10.5. The van der Waals surface area contributed by atoms with Crippen molar-refractivity contribution in [3.63, 3.8) is 0 Å². The van der Waals surface area contributed by atoms with Gasteiger partial charge in [-0.1, -0.05) is 97.9 Å². The van der Waals surface area contributed by atoms with Crippen LogP contribution < -0.4 is 0 Å². The zero-order valence-electron chi connectivity index (χ0n) is 28.0. The van der Waals surface area contributed by atoms with Crippen LogP contribution in [0.5, 0.6) is 0 Å². The Morgan fingerprint density at radius 2 is 1.33 bits per heavy atom. The lowest BCUT2D eigenvalue weighted by Crippen LogP contribution is -2.21. The number of para-hydroxylation sites is 4. The Bertz CT molecular complexity index is 2760. The summed E-state index contributed by atoms with van der Waals surface area (Å²) in [4.78, 5) is 0. The summed E-state index contributed by atoms with van der Waals surface area (Å²) in [5.74, 6) is -0.210. The molecule has 0 amide bonds. The highest BCUT2D eigenvalue weighted by Crippen LogP contribution is 2.43. The summed E-state index contributed by atoms with van der Waals surface area (Å²) in [5.41, 5.74) is 10.7. The molecule has 0 fully saturated rings. The molecule has 2 aliphatic carbocycles. The first-order valence-electron chi connectivity index (χ1n) is 17.2. The number of fused-ring (bicyclic) bond motifs is 6. The maximum atomic E-state index is 10.5. The minimum Gasteiger partial charge on any atom is -0.310 e. The van der Waals surface area contributed by atoms with Crippen molar-refractivity contribution in [1.29, 1.82) is 15.8 Å². The van der Waals surface area contributed by atoms with E-state index in [0.717, 1.165) is 56.7 Å².